The summed E-state index contributed by atoms with van der Waals surface area (Å²) in [7, 11) is 0. The Morgan fingerprint density at radius 3 is 2.33 bits per heavy atom. The average molecular weight is 587 g/mol. The second kappa shape index (κ2) is 15.7. The van der Waals surface area contributed by atoms with Crippen molar-refractivity contribution in [1.82, 2.24) is 0 Å². The van der Waals surface area contributed by atoms with Crippen LogP contribution < -0.4 is 0 Å². The van der Waals surface area contributed by atoms with Crippen LogP contribution in [0.1, 0.15) is 81.1 Å². The van der Waals surface area contributed by atoms with Crippen LogP contribution in [0, 0.1) is 23.7 Å². The second-order valence-electron chi connectivity index (χ2n) is 12.1. The lowest BCUT2D eigenvalue weighted by atomic mass is 9.95. The summed E-state index contributed by atoms with van der Waals surface area (Å²) >= 11 is 0. The molecule has 0 unspecified atom stereocenters. The van der Waals surface area contributed by atoms with Crippen molar-refractivity contribution >= 4 is 17.9 Å². The molecule has 1 saturated carbocycles. The minimum Gasteiger partial charge on any atom is -0.466 e. The van der Waals surface area contributed by atoms with Gasteiger partial charge in [0.2, 0.25) is 0 Å². The van der Waals surface area contributed by atoms with Crippen LogP contribution in [0.3, 0.4) is 0 Å². The Hall–Kier alpha value is -2.71. The van der Waals surface area contributed by atoms with Crippen molar-refractivity contribution in [2.45, 2.75) is 118 Å². The lowest BCUT2D eigenvalue weighted by Gasteiger charge is -2.39. The molecule has 2 aliphatic heterocycles. The Kier molecular flexibility index (Phi) is 12.6. The summed E-state index contributed by atoms with van der Waals surface area (Å²) in [6, 6.07) is 0. The van der Waals surface area contributed by atoms with Crippen LogP contribution >= 0.6 is 0 Å². The van der Waals surface area contributed by atoms with Gasteiger partial charge in [-0.25, -0.2) is 0 Å². The standard InChI is InChI=1S/C34H50O8/c1-9-30-21(3)11-14-31(42-30)22(4)18-20(2)10-12-28-23(5)29(28)13-15-32-34(40-26(8)37)33(39-25(7)36)19-27(41-32)16-17-38-24(6)35/h10-13,15,18,20,23,27-34H,9,14,16-17,19H2,1-8H3/b12-10+,15-13+,22-18+/t20-,23-,27-,28+,29+,30-,31-,32+,33+,34+/m1/s1. The van der Waals surface area contributed by atoms with E-state index in [0.717, 1.165) is 12.8 Å². The van der Waals surface area contributed by atoms with Gasteiger partial charge < -0.3 is 23.7 Å². The molecule has 2 heterocycles. The summed E-state index contributed by atoms with van der Waals surface area (Å²) < 4.78 is 28.8. The predicted octanol–water partition coefficient (Wildman–Crippen LogP) is 6.05. The highest BCUT2D eigenvalue weighted by Crippen LogP contribution is 2.48. The van der Waals surface area contributed by atoms with Gasteiger partial charge in [0.15, 0.2) is 6.10 Å². The molecule has 42 heavy (non-hydrogen) atoms. The maximum atomic E-state index is 11.9. The van der Waals surface area contributed by atoms with E-state index in [1.54, 1.807) is 0 Å². The lowest BCUT2D eigenvalue weighted by molar-refractivity contribution is -0.200. The molecule has 0 spiro atoms. The third-order valence-electron chi connectivity index (χ3n) is 8.47. The first-order chi connectivity index (χ1) is 19.9. The molecule has 0 N–H and O–H groups in total. The molecule has 10 atom stereocenters. The molecule has 2 fully saturated rings. The van der Waals surface area contributed by atoms with Crippen molar-refractivity contribution < 1.29 is 38.1 Å². The lowest BCUT2D eigenvalue weighted by Crippen LogP contribution is -2.51. The fraction of sp³-hybridized carbons (Fsp3) is 0.676. The van der Waals surface area contributed by atoms with E-state index >= 15 is 0 Å². The molecule has 0 aromatic rings. The zero-order valence-corrected chi connectivity index (χ0v) is 26.5. The minimum absolute atomic E-state index is 0.138. The van der Waals surface area contributed by atoms with Crippen molar-refractivity contribution in [2.24, 2.45) is 23.7 Å². The van der Waals surface area contributed by atoms with Gasteiger partial charge in [0.1, 0.15) is 12.2 Å². The van der Waals surface area contributed by atoms with Crippen molar-refractivity contribution in [2.75, 3.05) is 6.61 Å². The number of carbonyl (C=O) groups is 3. The second-order valence-corrected chi connectivity index (χ2v) is 12.1. The van der Waals surface area contributed by atoms with Gasteiger partial charge in [-0.1, -0.05) is 57.2 Å². The van der Waals surface area contributed by atoms with E-state index < -0.39 is 30.3 Å². The Morgan fingerprint density at radius 1 is 1.00 bits per heavy atom. The van der Waals surface area contributed by atoms with E-state index in [0.29, 0.717) is 30.6 Å². The molecule has 1 saturated heterocycles. The van der Waals surface area contributed by atoms with Crippen LogP contribution in [0.25, 0.3) is 0 Å². The minimum atomic E-state index is -0.753. The van der Waals surface area contributed by atoms with Crippen molar-refractivity contribution in [3.05, 3.63) is 47.6 Å². The van der Waals surface area contributed by atoms with E-state index in [1.165, 1.54) is 31.9 Å². The van der Waals surface area contributed by atoms with Gasteiger partial charge in [0.05, 0.1) is 24.9 Å². The Balaban J connectivity index is 1.64. The third kappa shape index (κ3) is 9.94. The van der Waals surface area contributed by atoms with E-state index in [-0.39, 0.29) is 36.8 Å². The van der Waals surface area contributed by atoms with Gasteiger partial charge in [0, 0.05) is 33.6 Å². The number of hydrogen-bond acceptors (Lipinski definition) is 8. The number of rotatable bonds is 12. The predicted molar refractivity (Wildman–Crippen MR) is 160 cm³/mol. The number of esters is 3. The number of hydrogen-bond donors (Lipinski definition) is 0. The van der Waals surface area contributed by atoms with Crippen LogP contribution in [0.4, 0.5) is 0 Å². The first-order valence-electron chi connectivity index (χ1n) is 15.4. The topological polar surface area (TPSA) is 97.4 Å². The highest BCUT2D eigenvalue weighted by molar-refractivity contribution is 5.67. The summed E-state index contributed by atoms with van der Waals surface area (Å²) in [6.45, 7) is 15.1. The molecule has 0 amide bonds. The van der Waals surface area contributed by atoms with Gasteiger partial charge in [-0.2, -0.15) is 0 Å². The Labute approximate surface area is 251 Å². The quantitative estimate of drug-likeness (QED) is 0.155. The largest absolute Gasteiger partial charge is 0.466 e. The van der Waals surface area contributed by atoms with Gasteiger partial charge in [-0.3, -0.25) is 14.4 Å². The monoisotopic (exact) mass is 586 g/mol. The number of allylic oxidation sites excluding steroid dienone is 4. The molecule has 0 radical (unpaired) electrons. The van der Waals surface area contributed by atoms with E-state index in [4.69, 9.17) is 23.7 Å². The molecule has 8 nitrogen and oxygen atoms in total. The van der Waals surface area contributed by atoms with Gasteiger partial charge >= 0.3 is 17.9 Å². The molecule has 3 aliphatic rings. The summed E-state index contributed by atoms with van der Waals surface area (Å²) in [5.74, 6) is 0.201. The van der Waals surface area contributed by atoms with Crippen LogP contribution in [0.5, 0.6) is 0 Å². The van der Waals surface area contributed by atoms with Gasteiger partial charge in [-0.15, -0.1) is 0 Å². The first-order valence-corrected chi connectivity index (χ1v) is 15.4. The normalized spacial score (nSPS) is 34.1. The van der Waals surface area contributed by atoms with Crippen LogP contribution in [-0.4, -0.2) is 61.1 Å². The van der Waals surface area contributed by atoms with Crippen molar-refractivity contribution in [3.8, 4) is 0 Å². The maximum Gasteiger partial charge on any atom is 0.303 e. The highest BCUT2D eigenvalue weighted by atomic mass is 16.6. The van der Waals surface area contributed by atoms with E-state index in [1.807, 2.05) is 6.08 Å². The highest BCUT2D eigenvalue weighted by Gasteiger charge is 2.45. The summed E-state index contributed by atoms with van der Waals surface area (Å²) in [5, 5.41) is 0. The molecule has 234 valence electrons. The summed E-state index contributed by atoms with van der Waals surface area (Å²) in [5.41, 5.74) is 2.60. The molecule has 0 bridgehead atoms. The SMILES string of the molecule is CC[C@H]1O[C@@H](/C(C)=C/[C@H](C)/C=C/[C@H]2[C@@H](C)[C@@H]2/C=C/[C@@H]2O[C@H](CCOC(C)=O)C[C@H](OC(C)=O)[C@H]2OC(C)=O)CC=C1C. The average Bonchev–Trinajstić information content (AvgIpc) is 3.54. The van der Waals surface area contributed by atoms with Crippen molar-refractivity contribution in [3.63, 3.8) is 0 Å². The van der Waals surface area contributed by atoms with Crippen LogP contribution in [0.2, 0.25) is 0 Å². The van der Waals surface area contributed by atoms with Crippen molar-refractivity contribution in [1.29, 1.82) is 0 Å². The Bertz CT molecular complexity index is 1070. The van der Waals surface area contributed by atoms with E-state index in [2.05, 4.69) is 65.0 Å². The summed E-state index contributed by atoms with van der Waals surface area (Å²) in [4.78, 5) is 35.0. The van der Waals surface area contributed by atoms with Crippen LogP contribution in [0.15, 0.2) is 47.6 Å². The van der Waals surface area contributed by atoms with E-state index in [9.17, 15) is 14.4 Å². The fourth-order valence-corrected chi connectivity index (χ4v) is 6.05. The molecule has 0 aromatic carbocycles. The maximum absolute atomic E-state index is 11.9. The molecular formula is C34H50O8. The molecule has 8 heteroatoms. The van der Waals surface area contributed by atoms with Gasteiger partial charge in [0.25, 0.3) is 0 Å². The zero-order valence-electron chi connectivity index (χ0n) is 26.5. The van der Waals surface area contributed by atoms with Gasteiger partial charge in [-0.05, 0) is 61.5 Å². The number of ether oxygens (including phenoxy) is 5. The van der Waals surface area contributed by atoms with Crippen LogP contribution in [-0.2, 0) is 38.1 Å². The smallest absolute Gasteiger partial charge is 0.303 e. The molecule has 3 rings (SSSR count). The first kappa shape index (κ1) is 33.8. The summed E-state index contributed by atoms with van der Waals surface area (Å²) in [6.07, 6.45) is 14.0. The fourth-order valence-electron chi connectivity index (χ4n) is 6.05. The number of carbonyl (C=O) groups excluding carboxylic acids is 3. The molecule has 1 aliphatic carbocycles. The third-order valence-corrected chi connectivity index (χ3v) is 8.47. The zero-order chi connectivity index (χ0) is 31.0. The molecule has 0 aromatic heterocycles. The Morgan fingerprint density at radius 2 is 1.69 bits per heavy atom. The molecular weight excluding hydrogens is 536 g/mol.